The predicted octanol–water partition coefficient (Wildman–Crippen LogP) is -0.479. The van der Waals surface area contributed by atoms with Crippen LogP contribution in [0.25, 0.3) is 0 Å². The average molecular weight is 115 g/mol. The number of morpholine rings is 1. The lowest BCUT2D eigenvalue weighted by molar-refractivity contribution is -0.146. The molecule has 1 rings (SSSR count). The van der Waals surface area contributed by atoms with Crippen molar-refractivity contribution in [1.29, 1.82) is 0 Å². The maximum absolute atomic E-state index is 10.3. The Hall–Kier alpha value is -0.570. The zero-order valence-corrected chi connectivity index (χ0v) is 4.81. The number of carbonyl (C=O) groups is 1. The molecule has 0 aliphatic carbocycles. The second-order valence-electron chi connectivity index (χ2n) is 1.96. The number of esters is 1. The first kappa shape index (κ1) is 5.56. The summed E-state index contributed by atoms with van der Waals surface area (Å²) in [7, 11) is 0. The minimum Gasteiger partial charge on any atom is -0.463 e. The summed E-state index contributed by atoms with van der Waals surface area (Å²) in [5, 5.41) is 2.96. The molecule has 0 spiro atoms. The predicted molar refractivity (Wildman–Crippen MR) is 28.4 cm³/mol. The summed E-state index contributed by atoms with van der Waals surface area (Å²) in [6.45, 7) is 2.85. The molecule has 1 saturated heterocycles. The molecule has 0 aromatic rings. The van der Waals surface area contributed by atoms with E-state index < -0.39 is 0 Å². The number of hydrogen-bond acceptors (Lipinski definition) is 3. The van der Waals surface area contributed by atoms with E-state index in [9.17, 15) is 4.79 Å². The minimum atomic E-state index is -0.150. The third kappa shape index (κ3) is 1.20. The van der Waals surface area contributed by atoms with Gasteiger partial charge in [0.2, 0.25) is 0 Å². The molecule has 0 saturated carbocycles. The maximum Gasteiger partial charge on any atom is 0.319 e. The Morgan fingerprint density at radius 3 is 3.00 bits per heavy atom. The van der Waals surface area contributed by atoms with Gasteiger partial charge in [0.15, 0.2) is 0 Å². The van der Waals surface area contributed by atoms with Gasteiger partial charge in [0, 0.05) is 6.04 Å². The van der Waals surface area contributed by atoms with E-state index in [1.54, 1.807) is 0 Å². The summed E-state index contributed by atoms with van der Waals surface area (Å²) in [5.74, 6) is -0.150. The summed E-state index contributed by atoms with van der Waals surface area (Å²) in [4.78, 5) is 10.3. The van der Waals surface area contributed by atoms with Gasteiger partial charge in [0.25, 0.3) is 0 Å². The molecule has 1 fully saturated rings. The van der Waals surface area contributed by atoms with Gasteiger partial charge in [-0.1, -0.05) is 0 Å². The van der Waals surface area contributed by atoms with Crippen molar-refractivity contribution in [1.82, 2.24) is 5.32 Å². The zero-order valence-electron chi connectivity index (χ0n) is 4.81. The third-order valence-corrected chi connectivity index (χ3v) is 1.09. The first-order valence-corrected chi connectivity index (χ1v) is 2.68. The zero-order chi connectivity index (χ0) is 5.98. The van der Waals surface area contributed by atoms with Crippen molar-refractivity contribution in [2.24, 2.45) is 0 Å². The standard InChI is InChI=1S/C5H9NO2/c1-4-3-8-5(7)2-6-4/h4,6H,2-3H2,1H3/t4-/m0/s1. The molecule has 3 heteroatoms. The van der Waals surface area contributed by atoms with E-state index in [1.165, 1.54) is 0 Å². The van der Waals surface area contributed by atoms with E-state index in [-0.39, 0.29) is 5.97 Å². The van der Waals surface area contributed by atoms with Crippen LogP contribution >= 0.6 is 0 Å². The third-order valence-electron chi connectivity index (χ3n) is 1.09. The molecule has 1 N–H and O–H groups in total. The number of cyclic esters (lactones) is 1. The summed E-state index contributed by atoms with van der Waals surface area (Å²) >= 11 is 0. The molecule has 0 aromatic carbocycles. The Morgan fingerprint density at radius 1 is 1.88 bits per heavy atom. The summed E-state index contributed by atoms with van der Waals surface area (Å²) in [6.07, 6.45) is 0. The Kier molecular flexibility index (Phi) is 1.48. The maximum atomic E-state index is 10.3. The van der Waals surface area contributed by atoms with E-state index in [0.717, 1.165) is 0 Å². The van der Waals surface area contributed by atoms with Crippen molar-refractivity contribution >= 4 is 5.97 Å². The molecule has 1 aliphatic heterocycles. The molecule has 8 heavy (non-hydrogen) atoms. The second-order valence-corrected chi connectivity index (χ2v) is 1.96. The monoisotopic (exact) mass is 115 g/mol. The van der Waals surface area contributed by atoms with E-state index >= 15 is 0 Å². The molecule has 0 aromatic heterocycles. The molecule has 3 nitrogen and oxygen atoms in total. The highest BCUT2D eigenvalue weighted by Crippen LogP contribution is 1.90. The van der Waals surface area contributed by atoms with Crippen LogP contribution in [0.5, 0.6) is 0 Å². The SMILES string of the molecule is C[C@H]1COC(=O)CN1. The van der Waals surface area contributed by atoms with Crippen LogP contribution in [-0.2, 0) is 9.53 Å². The van der Waals surface area contributed by atoms with Gasteiger partial charge >= 0.3 is 5.97 Å². The smallest absolute Gasteiger partial charge is 0.319 e. The van der Waals surface area contributed by atoms with Gasteiger partial charge in [-0.05, 0) is 6.92 Å². The van der Waals surface area contributed by atoms with Gasteiger partial charge in [0.05, 0.1) is 6.54 Å². The number of nitrogens with one attached hydrogen (secondary N) is 1. The van der Waals surface area contributed by atoms with Crippen LogP contribution in [0, 0.1) is 0 Å². The average Bonchev–Trinajstić information content (AvgIpc) is 1.77. The van der Waals surface area contributed by atoms with Crippen LogP contribution in [0.2, 0.25) is 0 Å². The topological polar surface area (TPSA) is 38.3 Å². The summed E-state index contributed by atoms with van der Waals surface area (Å²) in [5.41, 5.74) is 0. The number of ether oxygens (including phenoxy) is 1. The molecular formula is C5H9NO2. The Morgan fingerprint density at radius 2 is 2.62 bits per heavy atom. The first-order chi connectivity index (χ1) is 3.79. The fraction of sp³-hybridized carbons (Fsp3) is 0.800. The molecule has 0 amide bonds. The highest BCUT2D eigenvalue weighted by molar-refractivity contribution is 5.72. The van der Waals surface area contributed by atoms with Crippen molar-refractivity contribution in [3.63, 3.8) is 0 Å². The first-order valence-electron chi connectivity index (χ1n) is 2.68. The van der Waals surface area contributed by atoms with Crippen molar-refractivity contribution < 1.29 is 9.53 Å². The van der Waals surface area contributed by atoms with Crippen LogP contribution in [0.4, 0.5) is 0 Å². The lowest BCUT2D eigenvalue weighted by Crippen LogP contribution is -2.41. The van der Waals surface area contributed by atoms with E-state index in [4.69, 9.17) is 0 Å². The molecule has 0 radical (unpaired) electrons. The number of carbonyl (C=O) groups excluding carboxylic acids is 1. The second kappa shape index (κ2) is 2.13. The van der Waals surface area contributed by atoms with E-state index in [0.29, 0.717) is 19.2 Å². The quantitative estimate of drug-likeness (QED) is 0.433. The molecule has 1 heterocycles. The lowest BCUT2D eigenvalue weighted by atomic mass is 10.3. The van der Waals surface area contributed by atoms with Gasteiger partial charge in [-0.15, -0.1) is 0 Å². The molecule has 0 bridgehead atoms. The van der Waals surface area contributed by atoms with Crippen molar-refractivity contribution in [2.45, 2.75) is 13.0 Å². The number of rotatable bonds is 0. The van der Waals surface area contributed by atoms with Gasteiger partial charge < -0.3 is 10.1 Å². The molecular weight excluding hydrogens is 106 g/mol. The highest BCUT2D eigenvalue weighted by atomic mass is 16.5. The highest BCUT2D eigenvalue weighted by Gasteiger charge is 2.13. The van der Waals surface area contributed by atoms with Gasteiger partial charge in [-0.3, -0.25) is 4.79 Å². The van der Waals surface area contributed by atoms with Crippen LogP contribution in [-0.4, -0.2) is 25.2 Å². The lowest BCUT2D eigenvalue weighted by Gasteiger charge is -2.18. The Labute approximate surface area is 48.0 Å². The fourth-order valence-electron chi connectivity index (χ4n) is 0.585. The minimum absolute atomic E-state index is 0.150. The van der Waals surface area contributed by atoms with Crippen molar-refractivity contribution in [3.05, 3.63) is 0 Å². The van der Waals surface area contributed by atoms with Gasteiger partial charge in [-0.2, -0.15) is 0 Å². The molecule has 0 unspecified atom stereocenters. The number of hydrogen-bond donors (Lipinski definition) is 1. The molecule has 1 atom stereocenters. The molecule has 46 valence electrons. The van der Waals surface area contributed by atoms with E-state index in [2.05, 4.69) is 10.1 Å². The fourth-order valence-corrected chi connectivity index (χ4v) is 0.585. The van der Waals surface area contributed by atoms with E-state index in [1.807, 2.05) is 6.92 Å². The molecule has 1 aliphatic rings. The van der Waals surface area contributed by atoms with Crippen molar-refractivity contribution in [2.75, 3.05) is 13.2 Å². The van der Waals surface area contributed by atoms with Crippen molar-refractivity contribution in [3.8, 4) is 0 Å². The van der Waals surface area contributed by atoms with Crippen LogP contribution in [0.1, 0.15) is 6.92 Å². The van der Waals surface area contributed by atoms with Gasteiger partial charge in [-0.25, -0.2) is 0 Å². The van der Waals surface area contributed by atoms with Gasteiger partial charge in [0.1, 0.15) is 6.61 Å². The summed E-state index contributed by atoms with van der Waals surface area (Å²) < 4.78 is 4.69. The van der Waals surface area contributed by atoms with Crippen LogP contribution < -0.4 is 5.32 Å². The Balaban J connectivity index is 2.29. The summed E-state index contributed by atoms with van der Waals surface area (Å²) in [6, 6.07) is 0.327. The van der Waals surface area contributed by atoms with Crippen LogP contribution in [0.3, 0.4) is 0 Å². The Bertz CT molecular complexity index is 92.6. The largest absolute Gasteiger partial charge is 0.463 e. The van der Waals surface area contributed by atoms with Crippen LogP contribution in [0.15, 0.2) is 0 Å². The normalized spacial score (nSPS) is 29.6.